The molecule has 1 N–H and O–H groups in total. The second-order valence-corrected chi connectivity index (χ2v) is 8.88. The molecule has 2 heterocycles. The summed E-state index contributed by atoms with van der Waals surface area (Å²) in [5.41, 5.74) is 7.23. The number of carboxylic acid groups (broad SMARTS) is 1. The van der Waals surface area contributed by atoms with Gasteiger partial charge in [-0.1, -0.05) is 35.7 Å². The fraction of sp³-hybridized carbons (Fsp3) is 0.348. The van der Waals surface area contributed by atoms with Gasteiger partial charge < -0.3 is 18.7 Å². The van der Waals surface area contributed by atoms with Crippen LogP contribution in [0.15, 0.2) is 30.3 Å². The van der Waals surface area contributed by atoms with Crippen molar-refractivity contribution in [2.75, 3.05) is 24.3 Å². The number of aliphatic carboxylic acids is 1. The maximum atomic E-state index is 11.8. The molecule has 1 aliphatic heterocycles. The Morgan fingerprint density at radius 3 is 2.60 bits per heavy atom. The van der Waals surface area contributed by atoms with Crippen LogP contribution in [0.1, 0.15) is 16.8 Å². The summed E-state index contributed by atoms with van der Waals surface area (Å²) in [7, 11) is 1.72. The quantitative estimate of drug-likeness (QED) is 0.521. The lowest BCUT2D eigenvalue weighted by atomic mass is 9.89. The van der Waals surface area contributed by atoms with Gasteiger partial charge in [0.1, 0.15) is 0 Å². The third-order valence-electron chi connectivity index (χ3n) is 5.87. The first-order chi connectivity index (χ1) is 14.4. The van der Waals surface area contributed by atoms with Crippen LogP contribution in [-0.2, 0) is 22.5 Å². The van der Waals surface area contributed by atoms with E-state index in [2.05, 4.69) is 28.1 Å². The average molecular weight is 445 g/mol. The molecule has 3 aromatic rings. The molecule has 1 aromatic heterocycles. The topological polar surface area (TPSA) is 54.7 Å². The zero-order valence-electron chi connectivity index (χ0n) is 17.5. The Kier molecular flexibility index (Phi) is 5.75. The summed E-state index contributed by atoms with van der Waals surface area (Å²) >= 11 is 7.78. The van der Waals surface area contributed by atoms with Crippen molar-refractivity contribution in [3.8, 4) is 11.1 Å². The highest BCUT2D eigenvalue weighted by Crippen LogP contribution is 2.47. The van der Waals surface area contributed by atoms with E-state index >= 15 is 0 Å². The SMILES string of the molecule is COC[C@H]1Cn2c(C)cc3c(-c4ccc(Cl)cc4)c(CC(=O)O)c(C)c(c32)N1SC. The minimum Gasteiger partial charge on any atom is -0.481 e. The molecule has 158 valence electrons. The molecule has 7 heteroatoms. The Morgan fingerprint density at radius 1 is 1.30 bits per heavy atom. The fourth-order valence-electron chi connectivity index (χ4n) is 4.64. The van der Waals surface area contributed by atoms with Crippen molar-refractivity contribution in [2.24, 2.45) is 0 Å². The number of carbonyl (C=O) groups is 1. The summed E-state index contributed by atoms with van der Waals surface area (Å²) in [5.74, 6) is -0.837. The third kappa shape index (κ3) is 3.37. The van der Waals surface area contributed by atoms with E-state index in [4.69, 9.17) is 16.3 Å². The number of ether oxygens (including phenoxy) is 1. The van der Waals surface area contributed by atoms with Gasteiger partial charge in [0.15, 0.2) is 0 Å². The number of halogens is 1. The molecule has 0 aliphatic carbocycles. The lowest BCUT2D eigenvalue weighted by Gasteiger charge is -2.38. The van der Waals surface area contributed by atoms with E-state index in [-0.39, 0.29) is 12.5 Å². The predicted octanol–water partition coefficient (Wildman–Crippen LogP) is 5.32. The third-order valence-corrected chi connectivity index (χ3v) is 7.00. The number of anilines is 1. The molecule has 0 bridgehead atoms. The Labute approximate surface area is 185 Å². The van der Waals surface area contributed by atoms with Crippen molar-refractivity contribution >= 4 is 46.1 Å². The van der Waals surface area contributed by atoms with Crippen molar-refractivity contribution in [1.29, 1.82) is 0 Å². The normalized spacial score (nSPS) is 15.8. The molecule has 5 nitrogen and oxygen atoms in total. The minimum atomic E-state index is -0.837. The Morgan fingerprint density at radius 2 is 2.00 bits per heavy atom. The van der Waals surface area contributed by atoms with Crippen LogP contribution in [0.25, 0.3) is 22.0 Å². The van der Waals surface area contributed by atoms with Gasteiger partial charge in [-0.05, 0) is 54.3 Å². The second kappa shape index (κ2) is 8.17. The van der Waals surface area contributed by atoms with Gasteiger partial charge in [0.05, 0.1) is 30.3 Å². The molecule has 1 aliphatic rings. The number of methoxy groups -OCH3 is 1. The Bertz CT molecular complexity index is 1120. The molecule has 4 rings (SSSR count). The maximum Gasteiger partial charge on any atom is 0.307 e. The largest absolute Gasteiger partial charge is 0.481 e. The number of hydrogen-bond donors (Lipinski definition) is 1. The smallest absolute Gasteiger partial charge is 0.307 e. The summed E-state index contributed by atoms with van der Waals surface area (Å²) in [6, 6.07) is 10.0. The molecule has 30 heavy (non-hydrogen) atoms. The summed E-state index contributed by atoms with van der Waals surface area (Å²) < 4.78 is 10.1. The van der Waals surface area contributed by atoms with Gasteiger partial charge in [0.2, 0.25) is 0 Å². The van der Waals surface area contributed by atoms with E-state index in [0.29, 0.717) is 11.6 Å². The van der Waals surface area contributed by atoms with Gasteiger partial charge in [0, 0.05) is 36.0 Å². The van der Waals surface area contributed by atoms with Crippen molar-refractivity contribution in [1.82, 2.24) is 4.57 Å². The summed E-state index contributed by atoms with van der Waals surface area (Å²) in [6.45, 7) is 5.58. The van der Waals surface area contributed by atoms with Gasteiger partial charge in [-0.2, -0.15) is 0 Å². The number of aryl methyl sites for hydroxylation is 1. The average Bonchev–Trinajstić information content (AvgIpc) is 3.03. The van der Waals surface area contributed by atoms with Gasteiger partial charge in [0.25, 0.3) is 0 Å². The predicted molar refractivity (Wildman–Crippen MR) is 125 cm³/mol. The zero-order chi connectivity index (χ0) is 21.6. The number of benzene rings is 2. The van der Waals surface area contributed by atoms with Crippen molar-refractivity contribution < 1.29 is 14.6 Å². The van der Waals surface area contributed by atoms with Crippen LogP contribution in [0.3, 0.4) is 0 Å². The number of hydrogen-bond acceptors (Lipinski definition) is 4. The molecular weight excluding hydrogens is 420 g/mol. The molecular formula is C23H25ClN2O3S. The molecule has 0 saturated heterocycles. The van der Waals surface area contributed by atoms with E-state index in [1.807, 2.05) is 31.2 Å². The first kappa shape index (κ1) is 21.1. The molecule has 0 unspecified atom stereocenters. The Hall–Kier alpha value is -2.15. The number of carboxylic acids is 1. The highest BCUT2D eigenvalue weighted by molar-refractivity contribution is 8.00. The van der Waals surface area contributed by atoms with Crippen LogP contribution in [0, 0.1) is 13.8 Å². The molecule has 0 amide bonds. The standard InChI is InChI=1S/C23H25ClN2O3S/c1-13-9-19-21(15-5-7-16(24)8-6-15)18(10-20(27)28)14(2)22-23(19)25(13)11-17(12-29-3)26(22)30-4/h5-9,17H,10-12H2,1-4H3,(H,27,28)/t17-/m1/s1. The fourth-order valence-corrected chi connectivity index (χ4v) is 5.60. The van der Waals surface area contributed by atoms with Crippen molar-refractivity contribution in [3.05, 3.63) is 52.2 Å². The molecule has 0 saturated carbocycles. The first-order valence-corrected chi connectivity index (χ1v) is 11.4. The van der Waals surface area contributed by atoms with E-state index in [1.54, 1.807) is 19.1 Å². The lowest BCUT2D eigenvalue weighted by molar-refractivity contribution is -0.136. The van der Waals surface area contributed by atoms with E-state index in [0.717, 1.165) is 51.1 Å². The van der Waals surface area contributed by atoms with E-state index in [1.165, 1.54) is 0 Å². The molecule has 2 aromatic carbocycles. The Balaban J connectivity index is 2.10. The van der Waals surface area contributed by atoms with E-state index in [9.17, 15) is 9.90 Å². The highest BCUT2D eigenvalue weighted by atomic mass is 35.5. The summed E-state index contributed by atoms with van der Waals surface area (Å²) in [6.07, 6.45) is 2.03. The second-order valence-electron chi connectivity index (χ2n) is 7.68. The number of nitrogens with zero attached hydrogens (tertiary/aromatic N) is 2. The molecule has 0 spiro atoms. The number of rotatable bonds is 6. The van der Waals surface area contributed by atoms with Crippen molar-refractivity contribution in [2.45, 2.75) is 32.9 Å². The van der Waals surface area contributed by atoms with Gasteiger partial charge >= 0.3 is 5.97 Å². The van der Waals surface area contributed by atoms with Crippen LogP contribution in [0.2, 0.25) is 5.02 Å². The van der Waals surface area contributed by atoms with Crippen molar-refractivity contribution in [3.63, 3.8) is 0 Å². The zero-order valence-corrected chi connectivity index (χ0v) is 19.1. The van der Waals surface area contributed by atoms with Crippen LogP contribution in [-0.4, -0.2) is 41.7 Å². The lowest BCUT2D eigenvalue weighted by Crippen LogP contribution is -2.41. The molecule has 1 atom stereocenters. The highest BCUT2D eigenvalue weighted by Gasteiger charge is 2.33. The van der Waals surface area contributed by atoms with Crippen LogP contribution in [0.4, 0.5) is 5.69 Å². The molecule has 0 fully saturated rings. The maximum absolute atomic E-state index is 11.8. The molecule has 0 radical (unpaired) electrons. The minimum absolute atomic E-state index is 0.0336. The van der Waals surface area contributed by atoms with Crippen LogP contribution < -0.4 is 4.31 Å². The van der Waals surface area contributed by atoms with E-state index < -0.39 is 5.97 Å². The van der Waals surface area contributed by atoms with Crippen LogP contribution >= 0.6 is 23.5 Å². The number of aromatic nitrogens is 1. The van der Waals surface area contributed by atoms with Crippen LogP contribution in [0.5, 0.6) is 0 Å². The monoisotopic (exact) mass is 444 g/mol. The first-order valence-electron chi connectivity index (χ1n) is 9.82. The summed E-state index contributed by atoms with van der Waals surface area (Å²) in [5, 5.41) is 11.5. The van der Waals surface area contributed by atoms with Gasteiger partial charge in [-0.15, -0.1) is 0 Å². The summed E-state index contributed by atoms with van der Waals surface area (Å²) in [4.78, 5) is 11.8. The van der Waals surface area contributed by atoms with Gasteiger partial charge in [-0.3, -0.25) is 4.79 Å². The van der Waals surface area contributed by atoms with Gasteiger partial charge in [-0.25, -0.2) is 0 Å².